The Kier molecular flexibility index (Phi) is 11.2. The van der Waals surface area contributed by atoms with E-state index in [1.807, 2.05) is 25.3 Å². The van der Waals surface area contributed by atoms with Crippen LogP contribution in [-0.4, -0.2) is 54.1 Å². The number of nitrogens with zero attached hydrogens (tertiary/aromatic N) is 2. The summed E-state index contributed by atoms with van der Waals surface area (Å²) in [6.45, 7) is 6.72. The molecule has 1 aromatic heterocycles. The summed E-state index contributed by atoms with van der Waals surface area (Å²) < 4.78 is 3.19. The van der Waals surface area contributed by atoms with Gasteiger partial charge >= 0.3 is 0 Å². The fourth-order valence-electron chi connectivity index (χ4n) is 8.06. The molecule has 0 aliphatic heterocycles. The second kappa shape index (κ2) is 14.2. The summed E-state index contributed by atoms with van der Waals surface area (Å²) in [6, 6.07) is 6.57. The van der Waals surface area contributed by atoms with Gasteiger partial charge in [-0.2, -0.15) is 3.84 Å². The zero-order chi connectivity index (χ0) is 28.9. The summed E-state index contributed by atoms with van der Waals surface area (Å²) in [5.74, 6) is 2.87. The van der Waals surface area contributed by atoms with E-state index in [4.69, 9.17) is 0 Å². The Morgan fingerprint density at radius 2 is 2.08 bits per heavy atom. The van der Waals surface area contributed by atoms with Crippen molar-refractivity contribution < 1.29 is 13.7 Å². The van der Waals surface area contributed by atoms with Crippen molar-refractivity contribution in [2.45, 2.75) is 77.2 Å². The maximum Gasteiger partial charge on any atom is 0.226 e. The Bertz CT molecular complexity index is 1130. The molecule has 7 nitrogen and oxygen atoms in total. The maximum atomic E-state index is 12.9. The van der Waals surface area contributed by atoms with E-state index in [1.165, 1.54) is 36.8 Å². The van der Waals surface area contributed by atoms with E-state index in [2.05, 4.69) is 75.2 Å². The molecule has 1 aromatic carbocycles. The van der Waals surface area contributed by atoms with Crippen molar-refractivity contribution in [1.82, 2.24) is 15.2 Å². The van der Waals surface area contributed by atoms with E-state index in [-0.39, 0.29) is 11.3 Å². The van der Waals surface area contributed by atoms with Crippen LogP contribution < -0.4 is 10.6 Å². The van der Waals surface area contributed by atoms with Gasteiger partial charge in [0.15, 0.2) is 5.13 Å². The first kappa shape index (κ1) is 31.5. The number of aromatic nitrogens is 1. The van der Waals surface area contributed by atoms with Gasteiger partial charge in [-0.15, -0.1) is 11.3 Å². The zero-order valence-corrected chi connectivity index (χ0v) is 26.4. The van der Waals surface area contributed by atoms with Crippen LogP contribution in [0.4, 0.5) is 5.13 Å². The van der Waals surface area contributed by atoms with Crippen molar-refractivity contribution in [2.75, 3.05) is 32.5 Å². The average Bonchev–Trinajstić information content (AvgIpc) is 3.44. The third-order valence-electron chi connectivity index (χ3n) is 9.63. The van der Waals surface area contributed by atoms with Gasteiger partial charge in [-0.05, 0) is 131 Å². The van der Waals surface area contributed by atoms with Crippen molar-refractivity contribution >= 4 is 46.1 Å². The number of fused-ring (bicyclic) bond motifs is 5. The number of halogens is 2. The normalized spacial score (nSPS) is 28.7. The highest BCUT2D eigenvalue weighted by Crippen LogP contribution is 2.63. The van der Waals surface area contributed by atoms with E-state index < -0.39 is 0 Å². The topological polar surface area (TPSA) is 86.7 Å². The van der Waals surface area contributed by atoms with Crippen LogP contribution in [0.15, 0.2) is 24.4 Å². The summed E-state index contributed by atoms with van der Waals surface area (Å²) in [5, 5.41) is 17.8. The molecular formula is C30H44Cl2N4O3S. The third kappa shape index (κ3) is 7.31. The smallest absolute Gasteiger partial charge is 0.226 e. The van der Waals surface area contributed by atoms with Gasteiger partial charge in [0.25, 0.3) is 0 Å². The predicted molar refractivity (Wildman–Crippen MR) is 164 cm³/mol. The van der Waals surface area contributed by atoms with Crippen LogP contribution >= 0.6 is 35.1 Å². The van der Waals surface area contributed by atoms with Crippen molar-refractivity contribution in [3.8, 4) is 5.75 Å². The minimum absolute atomic E-state index is 0.0928. The first-order valence-electron chi connectivity index (χ1n) is 14.5. The molecule has 0 bridgehead atoms. The quantitative estimate of drug-likeness (QED) is 0.268. The SMILES string of the molecule is Cc1cnc(NC(=O)CC[C@@H]2CC(NCCCN(C)C)[C@@]3(C)CCC4c5ccc(O)cc5CCC4C23)s1.ClOCl. The molecule has 6 atom stereocenters. The van der Waals surface area contributed by atoms with E-state index in [0.29, 0.717) is 47.0 Å². The molecule has 2 aromatic rings. The second-order valence-electron chi connectivity index (χ2n) is 12.3. The molecule has 2 saturated carbocycles. The molecular weight excluding hydrogens is 567 g/mol. The molecule has 222 valence electrons. The van der Waals surface area contributed by atoms with Gasteiger partial charge in [0.05, 0.1) is 23.7 Å². The minimum Gasteiger partial charge on any atom is -0.508 e. The third-order valence-corrected chi connectivity index (χ3v) is 10.5. The van der Waals surface area contributed by atoms with Gasteiger partial charge < -0.3 is 20.6 Å². The van der Waals surface area contributed by atoms with Gasteiger partial charge in [0.1, 0.15) is 5.75 Å². The first-order valence-corrected chi connectivity index (χ1v) is 15.9. The lowest BCUT2D eigenvalue weighted by Gasteiger charge is -2.52. The number of phenolic OH excluding ortho intramolecular Hbond substituents is 1. The number of thiazole rings is 1. The number of nitrogens with one attached hydrogen (secondary N) is 2. The van der Waals surface area contributed by atoms with Crippen molar-refractivity contribution in [2.24, 2.45) is 23.2 Å². The highest BCUT2D eigenvalue weighted by atomic mass is 35.6. The van der Waals surface area contributed by atoms with E-state index in [0.717, 1.165) is 37.2 Å². The van der Waals surface area contributed by atoms with Crippen LogP contribution in [0.5, 0.6) is 5.75 Å². The number of carbonyl (C=O) groups excluding carboxylic acids is 1. The Morgan fingerprint density at radius 1 is 1.30 bits per heavy atom. The molecule has 0 radical (unpaired) electrons. The average molecular weight is 612 g/mol. The summed E-state index contributed by atoms with van der Waals surface area (Å²) in [7, 11) is 4.28. The largest absolute Gasteiger partial charge is 0.508 e. The van der Waals surface area contributed by atoms with Crippen molar-refractivity contribution in [3.63, 3.8) is 0 Å². The number of carbonyl (C=O) groups is 1. The van der Waals surface area contributed by atoms with Crippen LogP contribution in [0.1, 0.15) is 73.8 Å². The molecule has 3 N–H and O–H groups in total. The second-order valence-corrected chi connectivity index (χ2v) is 14.0. The van der Waals surface area contributed by atoms with Crippen LogP contribution in [0.3, 0.4) is 0 Å². The summed E-state index contributed by atoms with van der Waals surface area (Å²) in [6.07, 6.45) is 10.3. The number of aryl methyl sites for hydroxylation is 2. The number of hydrogen-bond acceptors (Lipinski definition) is 7. The number of amides is 1. The van der Waals surface area contributed by atoms with Crippen LogP contribution in [-0.2, 0) is 15.1 Å². The molecule has 40 heavy (non-hydrogen) atoms. The Labute approximate surface area is 253 Å². The number of aromatic hydroxyl groups is 1. The van der Waals surface area contributed by atoms with Crippen molar-refractivity contribution in [3.05, 3.63) is 40.4 Å². The molecule has 4 unspecified atom stereocenters. The van der Waals surface area contributed by atoms with Gasteiger partial charge in [0.2, 0.25) is 5.91 Å². The lowest BCUT2D eigenvalue weighted by atomic mass is 9.53. The fraction of sp³-hybridized carbons (Fsp3) is 0.667. The lowest BCUT2D eigenvalue weighted by molar-refractivity contribution is -0.116. The molecule has 2 fully saturated rings. The van der Waals surface area contributed by atoms with Gasteiger partial charge in [-0.25, -0.2) is 4.98 Å². The van der Waals surface area contributed by atoms with Crippen LogP contribution in [0.2, 0.25) is 0 Å². The van der Waals surface area contributed by atoms with E-state index >= 15 is 0 Å². The number of anilines is 1. The monoisotopic (exact) mass is 610 g/mol. The highest BCUT2D eigenvalue weighted by Gasteiger charge is 2.58. The number of rotatable bonds is 9. The van der Waals surface area contributed by atoms with E-state index in [1.54, 1.807) is 11.3 Å². The van der Waals surface area contributed by atoms with E-state index in [9.17, 15) is 9.90 Å². The molecule has 5 rings (SSSR count). The Balaban J connectivity index is 0.00000118. The van der Waals surface area contributed by atoms with Crippen LogP contribution in [0.25, 0.3) is 0 Å². The Morgan fingerprint density at radius 3 is 2.77 bits per heavy atom. The summed E-state index contributed by atoms with van der Waals surface area (Å²) >= 11 is 10.1. The molecule has 0 spiro atoms. The molecule has 1 heterocycles. The predicted octanol–water partition coefficient (Wildman–Crippen LogP) is 6.88. The van der Waals surface area contributed by atoms with Gasteiger partial charge in [-0.1, -0.05) is 13.0 Å². The highest BCUT2D eigenvalue weighted by molar-refractivity contribution is 7.15. The number of phenols is 1. The Hall–Kier alpha value is -1.42. The minimum atomic E-state index is 0.0928. The molecule has 3 aliphatic rings. The molecule has 1 amide bonds. The van der Waals surface area contributed by atoms with Gasteiger partial charge in [0, 0.05) is 23.5 Å². The van der Waals surface area contributed by atoms with Gasteiger partial charge in [-0.3, -0.25) is 4.79 Å². The molecule has 3 aliphatic carbocycles. The number of benzene rings is 1. The standard InChI is InChI=1S/C30H44N4O2S.Cl2O/c1-19-18-32-29(37-19)33-27(36)11-7-21-17-26(31-14-5-15-34(3)4)30(2)13-12-24-23-10-8-22(35)16-20(23)6-9-25(24)28(21)30;1-3-2/h8,10,16,18,21,24-26,28,31,35H,5-7,9,11-15,17H2,1-4H3,(H,32,33,36);/t21-,24?,25?,26?,28?,30-;/m1./s1. The van der Waals surface area contributed by atoms with Crippen LogP contribution in [0, 0.1) is 30.1 Å². The fourth-order valence-corrected chi connectivity index (χ4v) is 8.74. The number of hydrogen-bond donors (Lipinski definition) is 3. The lowest BCUT2D eigenvalue weighted by Crippen LogP contribution is -2.49. The maximum absolute atomic E-state index is 12.9. The summed E-state index contributed by atoms with van der Waals surface area (Å²) in [4.78, 5) is 20.6. The molecule has 10 heteroatoms. The summed E-state index contributed by atoms with van der Waals surface area (Å²) in [5.41, 5.74) is 3.08. The molecule has 0 saturated heterocycles. The first-order chi connectivity index (χ1) is 19.2. The zero-order valence-electron chi connectivity index (χ0n) is 24.1. The van der Waals surface area contributed by atoms with Crippen molar-refractivity contribution in [1.29, 1.82) is 0 Å².